The molecule has 0 atom stereocenters. The van der Waals surface area contributed by atoms with Crippen molar-refractivity contribution in [1.82, 2.24) is 0 Å². The first-order chi connectivity index (χ1) is 8.81. The largest absolute Gasteiger partial charge is 0.466 e. The van der Waals surface area contributed by atoms with E-state index < -0.39 is 0 Å². The molecule has 0 bridgehead atoms. The highest BCUT2D eigenvalue weighted by Gasteiger charge is 2.19. The molecule has 0 saturated heterocycles. The Bertz CT molecular complexity index is 432. The van der Waals surface area contributed by atoms with Crippen molar-refractivity contribution in [3.8, 4) is 0 Å². The highest BCUT2D eigenvalue weighted by Crippen LogP contribution is 2.28. The zero-order valence-electron chi connectivity index (χ0n) is 10.9. The Balaban J connectivity index is 2.05. The Kier molecular flexibility index (Phi) is 4.57. The van der Waals surface area contributed by atoms with Crippen molar-refractivity contribution in [2.45, 2.75) is 38.5 Å². The Hall–Kier alpha value is -1.57. The molecule has 1 aliphatic rings. The fraction of sp³-hybridized carbons (Fsp3) is 0.438. The maximum atomic E-state index is 11.7. The van der Waals surface area contributed by atoms with Crippen molar-refractivity contribution in [3.63, 3.8) is 0 Å². The molecule has 18 heavy (non-hydrogen) atoms. The predicted molar refractivity (Wildman–Crippen MR) is 72.3 cm³/mol. The first-order valence-corrected chi connectivity index (χ1v) is 6.64. The van der Waals surface area contributed by atoms with Gasteiger partial charge < -0.3 is 4.74 Å². The lowest BCUT2D eigenvalue weighted by atomic mass is 9.88. The fourth-order valence-corrected chi connectivity index (χ4v) is 2.55. The second kappa shape index (κ2) is 6.39. The van der Waals surface area contributed by atoms with Crippen LogP contribution >= 0.6 is 0 Å². The number of allylic oxidation sites excluding steroid dienone is 1. The lowest BCUT2D eigenvalue weighted by molar-refractivity contribution is -0.136. The first-order valence-electron chi connectivity index (χ1n) is 6.64. The number of hydrogen-bond donors (Lipinski definition) is 0. The van der Waals surface area contributed by atoms with Crippen LogP contribution in [0.4, 0.5) is 0 Å². The van der Waals surface area contributed by atoms with Gasteiger partial charge in [0.1, 0.15) is 0 Å². The van der Waals surface area contributed by atoms with E-state index in [0.717, 1.165) is 37.7 Å². The maximum absolute atomic E-state index is 11.7. The smallest absolute Gasteiger partial charge is 0.333 e. The summed E-state index contributed by atoms with van der Waals surface area (Å²) in [6.45, 7) is 0. The molecule has 0 unspecified atom stereocenters. The minimum absolute atomic E-state index is 0.127. The van der Waals surface area contributed by atoms with Gasteiger partial charge in [0.25, 0.3) is 0 Å². The minimum atomic E-state index is -0.127. The topological polar surface area (TPSA) is 26.3 Å². The summed E-state index contributed by atoms with van der Waals surface area (Å²) in [5.74, 6) is -0.127. The minimum Gasteiger partial charge on any atom is -0.466 e. The summed E-state index contributed by atoms with van der Waals surface area (Å²) in [5, 5.41) is 0. The van der Waals surface area contributed by atoms with Crippen LogP contribution in [0.15, 0.2) is 41.5 Å². The average Bonchev–Trinajstić information content (AvgIpc) is 2.45. The van der Waals surface area contributed by atoms with Crippen molar-refractivity contribution in [3.05, 3.63) is 47.0 Å². The van der Waals surface area contributed by atoms with Gasteiger partial charge in [0.05, 0.1) is 7.11 Å². The zero-order valence-corrected chi connectivity index (χ0v) is 10.9. The number of ether oxygens (including phenoxy) is 1. The molecule has 0 radical (unpaired) electrons. The number of aryl methyl sites for hydroxylation is 1. The fourth-order valence-electron chi connectivity index (χ4n) is 2.55. The van der Waals surface area contributed by atoms with Gasteiger partial charge in [-0.15, -0.1) is 0 Å². The number of carbonyl (C=O) groups excluding carboxylic acids is 1. The van der Waals surface area contributed by atoms with Gasteiger partial charge in [-0.25, -0.2) is 4.79 Å². The standard InChI is InChI=1S/C16H20O2/c1-18-16(17)15-10-6-5-9-14(15)12-11-13-7-3-2-4-8-13/h2-4,7-8H,5-6,9-12H2,1H3. The third-order valence-corrected chi connectivity index (χ3v) is 3.57. The van der Waals surface area contributed by atoms with Gasteiger partial charge in [-0.3, -0.25) is 0 Å². The van der Waals surface area contributed by atoms with Crippen LogP contribution in [0.25, 0.3) is 0 Å². The molecule has 0 heterocycles. The quantitative estimate of drug-likeness (QED) is 0.755. The molecular formula is C16H20O2. The second-order valence-corrected chi connectivity index (χ2v) is 4.77. The molecule has 0 amide bonds. The van der Waals surface area contributed by atoms with E-state index in [0.29, 0.717) is 0 Å². The van der Waals surface area contributed by atoms with E-state index in [1.54, 1.807) is 0 Å². The van der Waals surface area contributed by atoms with E-state index in [1.165, 1.54) is 24.7 Å². The molecule has 2 rings (SSSR count). The molecule has 0 spiro atoms. The average molecular weight is 244 g/mol. The predicted octanol–water partition coefficient (Wildman–Crippen LogP) is 3.66. The molecule has 1 aromatic carbocycles. The summed E-state index contributed by atoms with van der Waals surface area (Å²) in [7, 11) is 1.47. The van der Waals surface area contributed by atoms with Gasteiger partial charge in [0, 0.05) is 5.57 Å². The van der Waals surface area contributed by atoms with Crippen LogP contribution < -0.4 is 0 Å². The summed E-state index contributed by atoms with van der Waals surface area (Å²) in [6.07, 6.45) is 6.24. The molecule has 1 aliphatic carbocycles. The van der Waals surface area contributed by atoms with Crippen molar-refractivity contribution in [2.24, 2.45) is 0 Å². The summed E-state index contributed by atoms with van der Waals surface area (Å²) in [5.41, 5.74) is 3.57. The monoisotopic (exact) mass is 244 g/mol. The van der Waals surface area contributed by atoms with Gasteiger partial charge in [0.2, 0.25) is 0 Å². The van der Waals surface area contributed by atoms with Crippen LogP contribution in [-0.4, -0.2) is 13.1 Å². The molecule has 96 valence electrons. The molecule has 2 nitrogen and oxygen atoms in total. The van der Waals surface area contributed by atoms with Crippen LogP contribution in [0, 0.1) is 0 Å². The Morgan fingerprint density at radius 1 is 1.11 bits per heavy atom. The van der Waals surface area contributed by atoms with Crippen LogP contribution in [0.5, 0.6) is 0 Å². The first kappa shape index (κ1) is 12.9. The lowest BCUT2D eigenvalue weighted by Gasteiger charge is -2.18. The number of benzene rings is 1. The normalized spacial score (nSPS) is 15.6. The Morgan fingerprint density at radius 2 is 1.83 bits per heavy atom. The maximum Gasteiger partial charge on any atom is 0.333 e. The SMILES string of the molecule is COC(=O)C1=C(CCc2ccccc2)CCCC1. The van der Waals surface area contributed by atoms with E-state index in [9.17, 15) is 4.79 Å². The van der Waals surface area contributed by atoms with E-state index in [-0.39, 0.29) is 5.97 Å². The molecule has 0 fully saturated rings. The molecule has 0 saturated carbocycles. The molecule has 1 aromatic rings. The van der Waals surface area contributed by atoms with Crippen molar-refractivity contribution in [1.29, 1.82) is 0 Å². The number of methoxy groups -OCH3 is 1. The van der Waals surface area contributed by atoms with Crippen LogP contribution in [0.1, 0.15) is 37.7 Å². The van der Waals surface area contributed by atoms with E-state index in [1.807, 2.05) is 6.07 Å². The summed E-state index contributed by atoms with van der Waals surface area (Å²) >= 11 is 0. The number of carbonyl (C=O) groups is 1. The van der Waals surface area contributed by atoms with E-state index in [2.05, 4.69) is 24.3 Å². The highest BCUT2D eigenvalue weighted by molar-refractivity contribution is 5.89. The molecule has 0 aliphatic heterocycles. The summed E-state index contributed by atoms with van der Waals surface area (Å²) in [6, 6.07) is 10.4. The van der Waals surface area contributed by atoms with Gasteiger partial charge in [-0.1, -0.05) is 35.9 Å². The van der Waals surface area contributed by atoms with Crippen molar-refractivity contribution >= 4 is 5.97 Å². The number of rotatable bonds is 4. The third-order valence-electron chi connectivity index (χ3n) is 3.57. The van der Waals surface area contributed by atoms with Gasteiger partial charge in [0.15, 0.2) is 0 Å². The highest BCUT2D eigenvalue weighted by atomic mass is 16.5. The molecule has 2 heteroatoms. The summed E-state index contributed by atoms with van der Waals surface area (Å²) in [4.78, 5) is 11.7. The van der Waals surface area contributed by atoms with E-state index >= 15 is 0 Å². The third kappa shape index (κ3) is 3.22. The van der Waals surface area contributed by atoms with Crippen LogP contribution in [-0.2, 0) is 16.0 Å². The van der Waals surface area contributed by atoms with Gasteiger partial charge >= 0.3 is 5.97 Å². The molecule has 0 N–H and O–H groups in total. The van der Waals surface area contributed by atoms with Gasteiger partial charge in [-0.05, 0) is 44.1 Å². The summed E-state index contributed by atoms with van der Waals surface area (Å²) < 4.78 is 4.88. The molecule has 0 aromatic heterocycles. The van der Waals surface area contributed by atoms with Crippen molar-refractivity contribution < 1.29 is 9.53 Å². The lowest BCUT2D eigenvalue weighted by Crippen LogP contribution is -2.12. The molecular weight excluding hydrogens is 224 g/mol. The van der Waals surface area contributed by atoms with Crippen molar-refractivity contribution in [2.75, 3.05) is 7.11 Å². The zero-order chi connectivity index (χ0) is 12.8. The number of esters is 1. The van der Waals surface area contributed by atoms with E-state index in [4.69, 9.17) is 4.74 Å². The Morgan fingerprint density at radius 3 is 2.56 bits per heavy atom. The number of hydrogen-bond acceptors (Lipinski definition) is 2. The second-order valence-electron chi connectivity index (χ2n) is 4.77. The van der Waals surface area contributed by atoms with Gasteiger partial charge in [-0.2, -0.15) is 0 Å². The van der Waals surface area contributed by atoms with Crippen LogP contribution in [0.3, 0.4) is 0 Å². The Labute approximate surface area is 109 Å². The van der Waals surface area contributed by atoms with Crippen LogP contribution in [0.2, 0.25) is 0 Å².